The maximum atomic E-state index is 13.1. The Bertz CT molecular complexity index is 601. The number of benzene rings is 1. The minimum absolute atomic E-state index is 0.247. The molecule has 0 fully saturated rings. The number of nitrogens with zero attached hydrogens (tertiary/aromatic N) is 1. The first-order valence-corrected chi connectivity index (χ1v) is 6.03. The predicted molar refractivity (Wildman–Crippen MR) is 71.0 cm³/mol. The summed E-state index contributed by atoms with van der Waals surface area (Å²) < 4.78 is 13.6. The van der Waals surface area contributed by atoms with Gasteiger partial charge in [-0.25, -0.2) is 4.39 Å². The number of hydrogen-bond donors (Lipinski definition) is 1. The molecule has 1 aromatic carbocycles. The topological polar surface area (TPSA) is 42.0 Å². The monoisotopic (exact) mass is 308 g/mol. The second kappa shape index (κ2) is 5.27. The Hall–Kier alpha value is -1.75. The molecule has 1 N–H and O–H groups in total. The number of pyridine rings is 1. The van der Waals surface area contributed by atoms with E-state index in [1.807, 2.05) is 6.92 Å². The fourth-order valence-corrected chi connectivity index (χ4v) is 1.92. The van der Waals surface area contributed by atoms with Gasteiger partial charge in [0, 0.05) is 10.7 Å². The molecule has 0 unspecified atom stereocenters. The number of carbonyl (C=O) groups excluding carboxylic acids is 1. The summed E-state index contributed by atoms with van der Waals surface area (Å²) in [5, 5.41) is 2.67. The zero-order chi connectivity index (χ0) is 13.1. The van der Waals surface area contributed by atoms with Crippen molar-refractivity contribution >= 4 is 27.5 Å². The molecular weight excluding hydrogens is 299 g/mol. The first-order valence-electron chi connectivity index (χ1n) is 5.24. The molecule has 3 nitrogen and oxygen atoms in total. The summed E-state index contributed by atoms with van der Waals surface area (Å²) in [6.07, 6.45) is 3.23. The molecule has 1 aromatic heterocycles. The van der Waals surface area contributed by atoms with Crippen molar-refractivity contribution in [3.63, 3.8) is 0 Å². The third kappa shape index (κ3) is 2.92. The van der Waals surface area contributed by atoms with Crippen LogP contribution in [0.25, 0.3) is 0 Å². The van der Waals surface area contributed by atoms with Crippen molar-refractivity contribution in [3.8, 4) is 0 Å². The lowest BCUT2D eigenvalue weighted by Crippen LogP contribution is -2.13. The van der Waals surface area contributed by atoms with Gasteiger partial charge in [-0.3, -0.25) is 9.78 Å². The van der Waals surface area contributed by atoms with Crippen molar-refractivity contribution in [3.05, 3.63) is 58.1 Å². The number of aromatic nitrogens is 1. The third-order valence-corrected chi connectivity index (χ3v) is 3.00. The molecule has 0 bridgehead atoms. The summed E-state index contributed by atoms with van der Waals surface area (Å²) in [6.45, 7) is 1.88. The van der Waals surface area contributed by atoms with Crippen LogP contribution in [0.1, 0.15) is 15.9 Å². The van der Waals surface area contributed by atoms with Gasteiger partial charge in [0.2, 0.25) is 0 Å². The highest BCUT2D eigenvalue weighted by atomic mass is 79.9. The van der Waals surface area contributed by atoms with Crippen LogP contribution >= 0.6 is 15.9 Å². The van der Waals surface area contributed by atoms with Gasteiger partial charge in [0.05, 0.1) is 17.4 Å². The first kappa shape index (κ1) is 12.7. The van der Waals surface area contributed by atoms with Crippen LogP contribution < -0.4 is 5.32 Å². The van der Waals surface area contributed by atoms with E-state index in [-0.39, 0.29) is 11.5 Å². The lowest BCUT2D eigenvalue weighted by molar-refractivity contribution is 0.102. The van der Waals surface area contributed by atoms with Crippen LogP contribution in [0.2, 0.25) is 0 Å². The molecule has 2 rings (SSSR count). The molecule has 92 valence electrons. The number of anilines is 1. The van der Waals surface area contributed by atoms with Crippen molar-refractivity contribution in [1.82, 2.24) is 4.98 Å². The predicted octanol–water partition coefficient (Wildman–Crippen LogP) is 3.54. The molecule has 0 saturated heterocycles. The Morgan fingerprint density at radius 2 is 2.11 bits per heavy atom. The summed E-state index contributed by atoms with van der Waals surface area (Å²) in [7, 11) is 0. The zero-order valence-electron chi connectivity index (χ0n) is 9.58. The largest absolute Gasteiger partial charge is 0.321 e. The summed E-state index contributed by atoms with van der Waals surface area (Å²) in [5.74, 6) is -0.834. The molecule has 1 heterocycles. The maximum absolute atomic E-state index is 13.1. The lowest BCUT2D eigenvalue weighted by atomic mass is 10.2. The van der Waals surface area contributed by atoms with E-state index in [1.165, 1.54) is 24.4 Å². The Morgan fingerprint density at radius 3 is 2.83 bits per heavy atom. The average Bonchev–Trinajstić information content (AvgIpc) is 2.32. The number of halogens is 2. The SMILES string of the molecule is Cc1cncc(NC(=O)c2cc(F)ccc2Br)c1. The average molecular weight is 309 g/mol. The van der Waals surface area contributed by atoms with Gasteiger partial charge in [0.1, 0.15) is 5.82 Å². The summed E-state index contributed by atoms with van der Waals surface area (Å²) in [5.41, 5.74) is 1.76. The van der Waals surface area contributed by atoms with Crippen molar-refractivity contribution < 1.29 is 9.18 Å². The Balaban J connectivity index is 2.24. The van der Waals surface area contributed by atoms with Crippen molar-refractivity contribution in [2.45, 2.75) is 6.92 Å². The van der Waals surface area contributed by atoms with E-state index in [0.717, 1.165) is 5.56 Å². The van der Waals surface area contributed by atoms with E-state index in [1.54, 1.807) is 12.3 Å². The molecule has 0 atom stereocenters. The van der Waals surface area contributed by atoms with E-state index >= 15 is 0 Å². The van der Waals surface area contributed by atoms with Crippen LogP contribution in [0.5, 0.6) is 0 Å². The van der Waals surface area contributed by atoms with Gasteiger partial charge in [-0.05, 0) is 52.7 Å². The minimum atomic E-state index is -0.453. The van der Waals surface area contributed by atoms with Crippen LogP contribution in [-0.2, 0) is 0 Å². The minimum Gasteiger partial charge on any atom is -0.321 e. The number of aryl methyl sites for hydroxylation is 1. The quantitative estimate of drug-likeness (QED) is 0.922. The Kier molecular flexibility index (Phi) is 3.72. The Labute approximate surface area is 112 Å². The Morgan fingerprint density at radius 1 is 1.33 bits per heavy atom. The van der Waals surface area contributed by atoms with E-state index in [9.17, 15) is 9.18 Å². The summed E-state index contributed by atoms with van der Waals surface area (Å²) in [6, 6.07) is 5.76. The molecule has 0 radical (unpaired) electrons. The smallest absolute Gasteiger partial charge is 0.256 e. The van der Waals surface area contributed by atoms with Gasteiger partial charge in [-0.15, -0.1) is 0 Å². The highest BCUT2D eigenvalue weighted by Gasteiger charge is 2.11. The second-order valence-electron chi connectivity index (χ2n) is 3.83. The highest BCUT2D eigenvalue weighted by Crippen LogP contribution is 2.19. The maximum Gasteiger partial charge on any atom is 0.256 e. The van der Waals surface area contributed by atoms with E-state index in [4.69, 9.17) is 0 Å². The molecule has 18 heavy (non-hydrogen) atoms. The van der Waals surface area contributed by atoms with Crippen LogP contribution in [0.15, 0.2) is 41.1 Å². The van der Waals surface area contributed by atoms with Gasteiger partial charge in [-0.2, -0.15) is 0 Å². The van der Waals surface area contributed by atoms with Crippen LogP contribution in [-0.4, -0.2) is 10.9 Å². The molecule has 0 spiro atoms. The van der Waals surface area contributed by atoms with Crippen molar-refractivity contribution in [2.24, 2.45) is 0 Å². The normalized spacial score (nSPS) is 10.2. The number of hydrogen-bond acceptors (Lipinski definition) is 2. The third-order valence-electron chi connectivity index (χ3n) is 2.31. The van der Waals surface area contributed by atoms with E-state index in [2.05, 4.69) is 26.2 Å². The zero-order valence-corrected chi connectivity index (χ0v) is 11.2. The first-order chi connectivity index (χ1) is 8.56. The summed E-state index contributed by atoms with van der Waals surface area (Å²) in [4.78, 5) is 15.9. The van der Waals surface area contributed by atoms with E-state index in [0.29, 0.717) is 10.2 Å². The van der Waals surface area contributed by atoms with Gasteiger partial charge in [0.15, 0.2) is 0 Å². The van der Waals surface area contributed by atoms with Crippen LogP contribution in [0, 0.1) is 12.7 Å². The van der Waals surface area contributed by atoms with Gasteiger partial charge < -0.3 is 5.32 Å². The molecule has 0 aliphatic carbocycles. The molecular formula is C13H10BrFN2O. The van der Waals surface area contributed by atoms with Gasteiger partial charge in [-0.1, -0.05) is 0 Å². The number of carbonyl (C=O) groups is 1. The molecule has 0 aliphatic rings. The second-order valence-corrected chi connectivity index (χ2v) is 4.68. The molecule has 2 aromatic rings. The van der Waals surface area contributed by atoms with Crippen molar-refractivity contribution in [2.75, 3.05) is 5.32 Å². The fraction of sp³-hybridized carbons (Fsp3) is 0.0769. The molecule has 5 heteroatoms. The highest BCUT2D eigenvalue weighted by molar-refractivity contribution is 9.10. The van der Waals surface area contributed by atoms with Gasteiger partial charge >= 0.3 is 0 Å². The number of amides is 1. The van der Waals surface area contributed by atoms with Gasteiger partial charge in [0.25, 0.3) is 5.91 Å². The number of nitrogens with one attached hydrogen (secondary N) is 1. The van der Waals surface area contributed by atoms with E-state index < -0.39 is 5.82 Å². The molecule has 1 amide bonds. The van der Waals surface area contributed by atoms with Crippen molar-refractivity contribution in [1.29, 1.82) is 0 Å². The summed E-state index contributed by atoms with van der Waals surface area (Å²) >= 11 is 3.22. The number of rotatable bonds is 2. The standard InChI is InChI=1S/C13H10BrFN2O/c1-8-4-10(7-16-6-8)17-13(18)11-5-9(15)2-3-12(11)14/h2-7H,1H3,(H,17,18). The lowest BCUT2D eigenvalue weighted by Gasteiger charge is -2.07. The van der Waals surface area contributed by atoms with Crippen LogP contribution in [0.3, 0.4) is 0 Å². The molecule has 0 saturated carbocycles. The van der Waals surface area contributed by atoms with Crippen LogP contribution in [0.4, 0.5) is 10.1 Å². The molecule has 0 aliphatic heterocycles. The fourth-order valence-electron chi connectivity index (χ4n) is 1.49.